The molecule has 0 saturated carbocycles. The maximum atomic E-state index is 8.33. The molecule has 0 fully saturated rings. The Balaban J connectivity index is -0.0000000450. The molecule has 0 radical (unpaired) electrons. The molecule has 0 aromatic carbocycles. The van der Waals surface area contributed by atoms with Crippen LogP contribution >= 0.6 is 0 Å². The quantitative estimate of drug-likeness (QED) is 0.334. The molecule has 0 rings (SSSR count). The van der Waals surface area contributed by atoms with Crippen molar-refractivity contribution in [2.45, 2.75) is 0 Å². The van der Waals surface area contributed by atoms with E-state index in [1.54, 1.807) is 0 Å². The Bertz CT molecular complexity index is 33.8. The van der Waals surface area contributed by atoms with Crippen LogP contribution in [0.3, 0.4) is 0 Å². The summed E-state index contributed by atoms with van der Waals surface area (Å²) >= 11 is 0. The molecule has 0 unspecified atom stereocenters. The summed E-state index contributed by atoms with van der Waals surface area (Å²) in [7, 11) is 0. The minimum absolute atomic E-state index is 0. The average molecular weight is 117 g/mol. The Morgan fingerprint density at radius 2 is 1.60 bits per heavy atom. The first kappa shape index (κ1) is 8.84. The van der Waals surface area contributed by atoms with Crippen LogP contribution in [0.5, 0.6) is 0 Å². The molecule has 0 amide bonds. The molecular formula is CHFeO3+. The van der Waals surface area contributed by atoms with E-state index in [2.05, 4.69) is 0 Å². The van der Waals surface area contributed by atoms with Crippen LogP contribution in [0.4, 0.5) is 4.79 Å². The summed E-state index contributed by atoms with van der Waals surface area (Å²) in [6, 6.07) is 0. The zero-order chi connectivity index (χ0) is 3.58. The van der Waals surface area contributed by atoms with Gasteiger partial charge in [-0.3, -0.25) is 0 Å². The number of rotatable bonds is 0. The van der Waals surface area contributed by atoms with Gasteiger partial charge in [0.15, 0.2) is 0 Å². The van der Waals surface area contributed by atoms with Crippen LogP contribution in [-0.4, -0.2) is 6.16 Å². The second-order valence-corrected chi connectivity index (χ2v) is 0.250. The molecule has 5 heavy (non-hydrogen) atoms. The normalized spacial score (nSPS) is 4.80. The van der Waals surface area contributed by atoms with Crippen molar-refractivity contribution in [1.29, 1.82) is 0 Å². The summed E-state index contributed by atoms with van der Waals surface area (Å²) in [4.78, 5) is 8.33. The van der Waals surface area contributed by atoms with Crippen LogP contribution < -0.4 is 10.2 Å². The van der Waals surface area contributed by atoms with Crippen LogP contribution in [0.15, 0.2) is 0 Å². The van der Waals surface area contributed by atoms with E-state index in [0.717, 1.165) is 0 Å². The van der Waals surface area contributed by atoms with Crippen molar-refractivity contribution in [2.75, 3.05) is 0 Å². The second-order valence-electron chi connectivity index (χ2n) is 0.250. The predicted molar refractivity (Wildman–Crippen MR) is 6.51 cm³/mol. The van der Waals surface area contributed by atoms with Crippen molar-refractivity contribution in [3.63, 3.8) is 0 Å². The van der Waals surface area contributed by atoms with Crippen LogP contribution in [0.2, 0.25) is 0 Å². The van der Waals surface area contributed by atoms with E-state index in [9.17, 15) is 0 Å². The molecule has 30 valence electrons. The van der Waals surface area contributed by atoms with Gasteiger partial charge in [0.25, 0.3) is 0 Å². The fourth-order valence-electron chi connectivity index (χ4n) is 0. The number of hydrogen-bond donors (Lipinski definition) is 0. The van der Waals surface area contributed by atoms with Gasteiger partial charge in [-0.25, -0.2) is 0 Å². The molecule has 0 bridgehead atoms. The van der Waals surface area contributed by atoms with Crippen LogP contribution in [0.1, 0.15) is 1.43 Å². The van der Waals surface area contributed by atoms with Crippen molar-refractivity contribution in [1.82, 2.24) is 0 Å². The average Bonchev–Trinajstić information content (AvgIpc) is 0.811. The molecule has 0 aliphatic carbocycles. The van der Waals surface area contributed by atoms with Crippen LogP contribution in [0, 0.1) is 0 Å². The van der Waals surface area contributed by atoms with Gasteiger partial charge in [0.2, 0.25) is 0 Å². The van der Waals surface area contributed by atoms with E-state index in [-0.39, 0.29) is 18.5 Å². The number of carbonyl (C=O) groups is 1. The van der Waals surface area contributed by atoms with Gasteiger partial charge < -0.3 is 15.0 Å². The molecule has 0 atom stereocenters. The molecule has 0 spiro atoms. The Kier molecular flexibility index (Phi) is 6.70. The van der Waals surface area contributed by atoms with Crippen molar-refractivity contribution in [3.8, 4) is 0 Å². The minimum Gasteiger partial charge on any atom is -0.652 e. The van der Waals surface area contributed by atoms with Gasteiger partial charge in [0.05, 0.1) is 0 Å². The van der Waals surface area contributed by atoms with Gasteiger partial charge >= 0.3 is 18.5 Å². The summed E-state index contributed by atoms with van der Waals surface area (Å²) in [5, 5.41) is 16.7. The van der Waals surface area contributed by atoms with Crippen molar-refractivity contribution >= 4 is 6.16 Å². The molecule has 0 saturated heterocycles. The van der Waals surface area contributed by atoms with E-state index < -0.39 is 6.16 Å². The molecule has 3 nitrogen and oxygen atoms in total. The Labute approximate surface area is 40.6 Å². The fraction of sp³-hybridized carbons (Fsp3) is 0. The van der Waals surface area contributed by atoms with Gasteiger partial charge in [-0.2, -0.15) is 0 Å². The Morgan fingerprint density at radius 3 is 1.60 bits per heavy atom. The first-order chi connectivity index (χ1) is 1.73. The van der Waals surface area contributed by atoms with Gasteiger partial charge in [-0.1, -0.05) is 0 Å². The molecule has 0 aliphatic heterocycles. The van der Waals surface area contributed by atoms with Gasteiger partial charge in [0, 0.05) is 0 Å². The van der Waals surface area contributed by atoms with Crippen molar-refractivity contribution in [3.05, 3.63) is 0 Å². The summed E-state index contributed by atoms with van der Waals surface area (Å²) in [5.74, 6) is 0. The maximum absolute atomic E-state index is 8.33. The summed E-state index contributed by atoms with van der Waals surface area (Å²) in [5.41, 5.74) is 0. The summed E-state index contributed by atoms with van der Waals surface area (Å²) in [6.07, 6.45) is -2.33. The zero-order valence-electron chi connectivity index (χ0n) is 3.08. The largest absolute Gasteiger partial charge is 2.00 e. The van der Waals surface area contributed by atoms with Gasteiger partial charge in [-0.15, -0.1) is 0 Å². The zero-order valence-corrected chi connectivity index (χ0v) is 3.18. The summed E-state index contributed by atoms with van der Waals surface area (Å²) < 4.78 is 0. The minimum atomic E-state index is -2.33. The number of carbonyl (C=O) groups excluding carboxylic acids is 1. The second kappa shape index (κ2) is 3.79. The molecule has 0 aromatic rings. The monoisotopic (exact) mass is 117 g/mol. The van der Waals surface area contributed by atoms with Crippen LogP contribution in [-0.2, 0) is 17.1 Å². The predicted octanol–water partition coefficient (Wildman–Crippen LogP) is -2.34. The van der Waals surface area contributed by atoms with Gasteiger partial charge in [0.1, 0.15) is 0 Å². The van der Waals surface area contributed by atoms with E-state index in [0.29, 0.717) is 0 Å². The first-order valence-corrected chi connectivity index (χ1v) is 0.612. The van der Waals surface area contributed by atoms with E-state index in [4.69, 9.17) is 15.0 Å². The van der Waals surface area contributed by atoms with Crippen molar-refractivity contribution in [2.24, 2.45) is 0 Å². The SMILES string of the molecule is O=C([O-])[O-].[Fe+2].[H+]. The van der Waals surface area contributed by atoms with E-state index in [1.165, 1.54) is 0 Å². The topological polar surface area (TPSA) is 63.2 Å². The molecule has 0 N–H and O–H groups in total. The molecule has 4 heteroatoms. The third-order valence-electron chi connectivity index (χ3n) is 0. The fourth-order valence-corrected chi connectivity index (χ4v) is 0. The first-order valence-electron chi connectivity index (χ1n) is 0.612. The third-order valence-corrected chi connectivity index (χ3v) is 0. The van der Waals surface area contributed by atoms with Crippen molar-refractivity contribution < 1.29 is 33.5 Å². The third kappa shape index (κ3) is 274. The molecule has 0 aliphatic rings. The number of hydrogen-bond acceptors (Lipinski definition) is 3. The summed E-state index contributed by atoms with van der Waals surface area (Å²) in [6.45, 7) is 0. The molecule has 0 heterocycles. The van der Waals surface area contributed by atoms with Crippen LogP contribution in [0.25, 0.3) is 0 Å². The van der Waals surface area contributed by atoms with Gasteiger partial charge in [-0.05, 0) is 6.16 Å². The molecular weight excluding hydrogens is 116 g/mol. The smallest absolute Gasteiger partial charge is 0.652 e. The number of carboxylic acid groups (broad SMARTS) is 2. The maximum Gasteiger partial charge on any atom is 2.00 e. The van der Waals surface area contributed by atoms with E-state index in [1.807, 2.05) is 0 Å². The molecule has 0 aromatic heterocycles. The Hall–Kier alpha value is -0.211. The van der Waals surface area contributed by atoms with E-state index >= 15 is 0 Å². The Morgan fingerprint density at radius 1 is 1.60 bits per heavy atom. The standard InChI is InChI=1S/CH2O3.Fe/c2-1(3)4;/h(H2,2,3,4);/q;+2/p-1.